The summed E-state index contributed by atoms with van der Waals surface area (Å²) in [6.45, 7) is 6.37. The summed E-state index contributed by atoms with van der Waals surface area (Å²) in [5.41, 5.74) is 10.4. The molecule has 1 aliphatic carbocycles. The fourth-order valence-electron chi connectivity index (χ4n) is 4.72. The van der Waals surface area contributed by atoms with Crippen molar-refractivity contribution >= 4 is 0 Å². The summed E-state index contributed by atoms with van der Waals surface area (Å²) in [4.78, 5) is 2.75. The molecule has 0 bridgehead atoms. The summed E-state index contributed by atoms with van der Waals surface area (Å²) in [6.07, 6.45) is 8.44. The molecule has 1 aromatic rings. The monoisotopic (exact) mass is 286 g/mol. The fourth-order valence-corrected chi connectivity index (χ4v) is 4.72. The molecule has 1 aromatic carbocycles. The second-order valence-electron chi connectivity index (χ2n) is 7.16. The van der Waals surface area contributed by atoms with Gasteiger partial charge in [-0.05, 0) is 57.6 Å². The molecule has 3 atom stereocenters. The second kappa shape index (κ2) is 6.50. The van der Waals surface area contributed by atoms with Crippen LogP contribution in [0.15, 0.2) is 18.2 Å². The highest BCUT2D eigenvalue weighted by Gasteiger charge is 2.36. The van der Waals surface area contributed by atoms with Crippen LogP contribution >= 0.6 is 0 Å². The van der Waals surface area contributed by atoms with Gasteiger partial charge in [0.25, 0.3) is 0 Å². The summed E-state index contributed by atoms with van der Waals surface area (Å²) in [6, 6.07) is 8.14. The van der Waals surface area contributed by atoms with Crippen molar-refractivity contribution < 1.29 is 0 Å². The van der Waals surface area contributed by atoms with E-state index < -0.39 is 0 Å². The number of rotatable bonds is 3. The molecule has 1 heterocycles. The van der Waals surface area contributed by atoms with E-state index in [1.54, 1.807) is 0 Å². The Hall–Kier alpha value is -0.860. The van der Waals surface area contributed by atoms with Crippen LogP contribution in [-0.2, 0) is 0 Å². The van der Waals surface area contributed by atoms with E-state index in [2.05, 4.69) is 36.9 Å². The SMILES string of the molecule is Cc1cc(C)cc(C(CN)N2CCC[C@H]3CCCC[C@H]32)c1. The molecule has 1 unspecified atom stereocenters. The first-order valence-corrected chi connectivity index (χ1v) is 8.73. The molecular formula is C19H30N2. The number of fused-ring (bicyclic) bond motifs is 1. The normalized spacial score (nSPS) is 28.1. The van der Waals surface area contributed by atoms with Gasteiger partial charge in [0.05, 0.1) is 0 Å². The quantitative estimate of drug-likeness (QED) is 0.911. The van der Waals surface area contributed by atoms with Gasteiger partial charge in [-0.2, -0.15) is 0 Å². The predicted molar refractivity (Wildman–Crippen MR) is 89.4 cm³/mol. The number of hydrogen-bond donors (Lipinski definition) is 1. The van der Waals surface area contributed by atoms with E-state index in [1.165, 1.54) is 61.8 Å². The molecule has 2 N–H and O–H groups in total. The molecule has 0 spiro atoms. The Bertz CT molecular complexity index is 460. The van der Waals surface area contributed by atoms with Gasteiger partial charge in [0.2, 0.25) is 0 Å². The van der Waals surface area contributed by atoms with Gasteiger partial charge in [-0.15, -0.1) is 0 Å². The molecule has 1 saturated heterocycles. The number of benzene rings is 1. The molecular weight excluding hydrogens is 256 g/mol. The van der Waals surface area contributed by atoms with Crippen LogP contribution in [0.4, 0.5) is 0 Å². The van der Waals surface area contributed by atoms with E-state index in [1.807, 2.05) is 0 Å². The standard InChI is InChI=1S/C19H30N2/c1-14-10-15(2)12-17(11-14)19(13-20)21-9-5-7-16-6-3-4-8-18(16)21/h10-12,16,18-19H,3-9,13,20H2,1-2H3/t16-,18-,19?/m1/s1. The van der Waals surface area contributed by atoms with Crippen molar-refractivity contribution in [2.45, 2.75) is 64.5 Å². The number of nitrogens with two attached hydrogens (primary N) is 1. The number of nitrogens with zero attached hydrogens (tertiary/aromatic N) is 1. The van der Waals surface area contributed by atoms with E-state index in [4.69, 9.17) is 5.73 Å². The van der Waals surface area contributed by atoms with E-state index in [0.717, 1.165) is 18.5 Å². The summed E-state index contributed by atoms with van der Waals surface area (Å²) in [5.74, 6) is 0.924. The molecule has 21 heavy (non-hydrogen) atoms. The van der Waals surface area contributed by atoms with Crippen molar-refractivity contribution in [1.29, 1.82) is 0 Å². The first-order valence-electron chi connectivity index (χ1n) is 8.73. The zero-order valence-corrected chi connectivity index (χ0v) is 13.6. The van der Waals surface area contributed by atoms with Gasteiger partial charge >= 0.3 is 0 Å². The molecule has 0 radical (unpaired) electrons. The summed E-state index contributed by atoms with van der Waals surface area (Å²) >= 11 is 0. The van der Waals surface area contributed by atoms with E-state index >= 15 is 0 Å². The molecule has 0 amide bonds. The minimum absolute atomic E-state index is 0.412. The van der Waals surface area contributed by atoms with Gasteiger partial charge in [0, 0.05) is 18.6 Å². The highest BCUT2D eigenvalue weighted by atomic mass is 15.2. The smallest absolute Gasteiger partial charge is 0.0473 e. The third kappa shape index (κ3) is 3.17. The Balaban J connectivity index is 1.87. The van der Waals surface area contributed by atoms with E-state index in [-0.39, 0.29) is 0 Å². The third-order valence-corrected chi connectivity index (χ3v) is 5.54. The lowest BCUT2D eigenvalue weighted by molar-refractivity contribution is 0.0276. The minimum Gasteiger partial charge on any atom is -0.329 e. The highest BCUT2D eigenvalue weighted by molar-refractivity contribution is 5.31. The molecule has 1 saturated carbocycles. The van der Waals surface area contributed by atoms with Crippen molar-refractivity contribution in [3.8, 4) is 0 Å². The lowest BCUT2D eigenvalue weighted by Gasteiger charge is -2.47. The average Bonchev–Trinajstić information content (AvgIpc) is 2.47. The van der Waals surface area contributed by atoms with Crippen molar-refractivity contribution in [2.75, 3.05) is 13.1 Å². The largest absolute Gasteiger partial charge is 0.329 e. The highest BCUT2D eigenvalue weighted by Crippen LogP contribution is 2.39. The topological polar surface area (TPSA) is 29.3 Å². The maximum Gasteiger partial charge on any atom is 0.0473 e. The number of piperidine rings is 1. The Kier molecular flexibility index (Phi) is 4.66. The molecule has 1 aliphatic heterocycles. The third-order valence-electron chi connectivity index (χ3n) is 5.54. The van der Waals surface area contributed by atoms with Gasteiger partial charge in [0.1, 0.15) is 0 Å². The fraction of sp³-hybridized carbons (Fsp3) is 0.684. The average molecular weight is 286 g/mol. The maximum absolute atomic E-state index is 6.22. The van der Waals surface area contributed by atoms with E-state index in [0.29, 0.717) is 6.04 Å². The maximum atomic E-state index is 6.22. The Labute approximate surface area is 129 Å². The Morgan fingerprint density at radius 2 is 1.71 bits per heavy atom. The number of hydrogen-bond acceptors (Lipinski definition) is 2. The molecule has 2 aliphatic rings. The van der Waals surface area contributed by atoms with Gasteiger partial charge in [-0.3, -0.25) is 4.90 Å². The van der Waals surface area contributed by atoms with Crippen LogP contribution in [0, 0.1) is 19.8 Å². The van der Waals surface area contributed by atoms with Gasteiger partial charge in [0.15, 0.2) is 0 Å². The lowest BCUT2D eigenvalue weighted by Crippen LogP contribution is -2.50. The van der Waals surface area contributed by atoms with Gasteiger partial charge in [-0.25, -0.2) is 0 Å². The van der Waals surface area contributed by atoms with Crippen LogP contribution in [0.1, 0.15) is 61.3 Å². The molecule has 2 fully saturated rings. The Morgan fingerprint density at radius 3 is 2.43 bits per heavy atom. The van der Waals surface area contributed by atoms with E-state index in [9.17, 15) is 0 Å². The first-order chi connectivity index (χ1) is 10.2. The summed E-state index contributed by atoms with van der Waals surface area (Å²) in [5, 5.41) is 0. The van der Waals surface area contributed by atoms with Gasteiger partial charge in [-0.1, -0.05) is 42.2 Å². The van der Waals surface area contributed by atoms with Crippen molar-refractivity contribution in [1.82, 2.24) is 4.90 Å². The summed E-state index contributed by atoms with van der Waals surface area (Å²) < 4.78 is 0. The van der Waals surface area contributed by atoms with Crippen LogP contribution in [0.25, 0.3) is 0 Å². The molecule has 116 valence electrons. The van der Waals surface area contributed by atoms with Crippen molar-refractivity contribution in [2.24, 2.45) is 11.7 Å². The van der Waals surface area contributed by atoms with Crippen molar-refractivity contribution in [3.63, 3.8) is 0 Å². The lowest BCUT2D eigenvalue weighted by atomic mass is 9.77. The molecule has 3 rings (SSSR count). The van der Waals surface area contributed by atoms with Crippen LogP contribution < -0.4 is 5.73 Å². The molecule has 0 aromatic heterocycles. The summed E-state index contributed by atoms with van der Waals surface area (Å²) in [7, 11) is 0. The van der Waals surface area contributed by atoms with Crippen molar-refractivity contribution in [3.05, 3.63) is 34.9 Å². The molecule has 2 heteroatoms. The minimum atomic E-state index is 0.412. The number of aryl methyl sites for hydroxylation is 2. The van der Waals surface area contributed by atoms with Gasteiger partial charge < -0.3 is 5.73 Å². The zero-order valence-electron chi connectivity index (χ0n) is 13.6. The van der Waals surface area contributed by atoms with Crippen LogP contribution in [0.3, 0.4) is 0 Å². The zero-order chi connectivity index (χ0) is 14.8. The Morgan fingerprint density at radius 1 is 1.05 bits per heavy atom. The van der Waals surface area contributed by atoms with Crippen LogP contribution in [0.2, 0.25) is 0 Å². The van der Waals surface area contributed by atoms with Crippen LogP contribution in [0.5, 0.6) is 0 Å². The van der Waals surface area contributed by atoms with Crippen LogP contribution in [-0.4, -0.2) is 24.0 Å². The molecule has 2 nitrogen and oxygen atoms in total. The predicted octanol–water partition coefficient (Wildman–Crippen LogP) is 3.96. The second-order valence-corrected chi connectivity index (χ2v) is 7.16. The number of likely N-dealkylation sites (tertiary alicyclic amines) is 1. The first kappa shape index (κ1) is 15.1.